The first-order valence-electron chi connectivity index (χ1n) is 8.14. The smallest absolute Gasteiger partial charge is 0.266 e. The van der Waals surface area contributed by atoms with Gasteiger partial charge in [0.1, 0.15) is 5.82 Å². The molecule has 0 spiro atoms. The van der Waals surface area contributed by atoms with Gasteiger partial charge in [0, 0.05) is 13.2 Å². The SMILES string of the molecule is CNC(=O)c1ccccc1Nc1nc2nc3ccccc3c(=O)n2cc1Br. The summed E-state index contributed by atoms with van der Waals surface area (Å²) in [6.07, 6.45) is 1.62. The largest absolute Gasteiger partial charge is 0.355 e. The van der Waals surface area contributed by atoms with Gasteiger partial charge in [0.05, 0.1) is 26.6 Å². The molecule has 0 aliphatic rings. The monoisotopic (exact) mass is 423 g/mol. The molecule has 0 aliphatic carbocycles. The molecule has 0 saturated heterocycles. The molecule has 2 aromatic heterocycles. The van der Waals surface area contributed by atoms with E-state index in [2.05, 4.69) is 36.5 Å². The summed E-state index contributed by atoms with van der Waals surface area (Å²) < 4.78 is 1.96. The van der Waals surface area contributed by atoms with E-state index in [-0.39, 0.29) is 17.2 Å². The van der Waals surface area contributed by atoms with Crippen molar-refractivity contribution in [2.75, 3.05) is 12.4 Å². The van der Waals surface area contributed by atoms with Gasteiger partial charge in [0.15, 0.2) is 0 Å². The highest BCUT2D eigenvalue weighted by atomic mass is 79.9. The second-order valence-electron chi connectivity index (χ2n) is 5.79. The number of halogens is 1. The van der Waals surface area contributed by atoms with Crippen LogP contribution in [0.4, 0.5) is 11.5 Å². The van der Waals surface area contributed by atoms with E-state index >= 15 is 0 Å². The number of nitrogens with one attached hydrogen (secondary N) is 2. The Bertz CT molecular complexity index is 1250. The van der Waals surface area contributed by atoms with Gasteiger partial charge in [-0.05, 0) is 40.2 Å². The van der Waals surface area contributed by atoms with Crippen LogP contribution < -0.4 is 16.2 Å². The number of nitrogens with zero attached hydrogens (tertiary/aromatic N) is 3. The van der Waals surface area contributed by atoms with E-state index in [0.717, 1.165) is 0 Å². The molecular weight excluding hydrogens is 410 g/mol. The van der Waals surface area contributed by atoms with E-state index in [1.807, 2.05) is 12.1 Å². The Hall–Kier alpha value is -3.26. The van der Waals surface area contributed by atoms with E-state index in [9.17, 15) is 9.59 Å². The number of hydrogen-bond acceptors (Lipinski definition) is 5. The van der Waals surface area contributed by atoms with Crippen LogP contribution >= 0.6 is 15.9 Å². The van der Waals surface area contributed by atoms with Crippen LogP contribution in [0.2, 0.25) is 0 Å². The highest BCUT2D eigenvalue weighted by molar-refractivity contribution is 9.10. The molecule has 0 unspecified atom stereocenters. The standard InChI is InChI=1S/C19H14BrN5O2/c1-21-17(26)11-6-2-4-8-14(11)22-16-13(20)10-25-18(27)12-7-3-5-9-15(12)23-19(25)24-16/h2-10H,1H3,(H,21,26)(H,22,23,24). The van der Waals surface area contributed by atoms with Crippen molar-refractivity contribution < 1.29 is 4.79 Å². The number of anilines is 2. The minimum atomic E-state index is -0.213. The molecule has 0 atom stereocenters. The highest BCUT2D eigenvalue weighted by Gasteiger charge is 2.14. The number of para-hydroxylation sites is 2. The van der Waals surface area contributed by atoms with Crippen LogP contribution in [0.25, 0.3) is 16.7 Å². The van der Waals surface area contributed by atoms with Crippen molar-refractivity contribution in [3.8, 4) is 0 Å². The van der Waals surface area contributed by atoms with E-state index in [4.69, 9.17) is 0 Å². The Labute approximate surface area is 162 Å². The van der Waals surface area contributed by atoms with Gasteiger partial charge in [-0.1, -0.05) is 24.3 Å². The molecule has 0 bridgehead atoms. The van der Waals surface area contributed by atoms with Gasteiger partial charge in [-0.15, -0.1) is 0 Å². The maximum atomic E-state index is 12.7. The molecule has 27 heavy (non-hydrogen) atoms. The quantitative estimate of drug-likeness (QED) is 0.494. The molecule has 4 rings (SSSR count). The first kappa shape index (κ1) is 17.2. The summed E-state index contributed by atoms with van der Waals surface area (Å²) in [6, 6.07) is 14.2. The molecule has 7 nitrogen and oxygen atoms in total. The van der Waals surface area contributed by atoms with Crippen LogP contribution in [0.15, 0.2) is 64.0 Å². The summed E-state index contributed by atoms with van der Waals surface area (Å²) in [4.78, 5) is 33.7. The van der Waals surface area contributed by atoms with Crippen LogP contribution in [-0.2, 0) is 0 Å². The van der Waals surface area contributed by atoms with Crippen LogP contribution in [0.1, 0.15) is 10.4 Å². The highest BCUT2D eigenvalue weighted by Crippen LogP contribution is 2.26. The molecule has 0 saturated carbocycles. The Balaban J connectivity index is 1.87. The average Bonchev–Trinajstić information content (AvgIpc) is 2.69. The first-order valence-corrected chi connectivity index (χ1v) is 8.93. The third-order valence-electron chi connectivity index (χ3n) is 4.12. The van der Waals surface area contributed by atoms with Crippen molar-refractivity contribution in [3.63, 3.8) is 0 Å². The van der Waals surface area contributed by atoms with Crippen molar-refractivity contribution in [1.82, 2.24) is 19.7 Å². The molecule has 2 aromatic carbocycles. The lowest BCUT2D eigenvalue weighted by Crippen LogP contribution is -2.19. The van der Waals surface area contributed by atoms with Gasteiger partial charge < -0.3 is 10.6 Å². The number of fused-ring (bicyclic) bond motifs is 2. The molecule has 134 valence electrons. The second-order valence-corrected chi connectivity index (χ2v) is 6.65. The van der Waals surface area contributed by atoms with Crippen LogP contribution in [0, 0.1) is 0 Å². The first-order chi connectivity index (χ1) is 13.1. The van der Waals surface area contributed by atoms with E-state index in [1.165, 1.54) is 4.40 Å². The average molecular weight is 424 g/mol. The Morgan fingerprint density at radius 1 is 1.07 bits per heavy atom. The topological polar surface area (TPSA) is 88.4 Å². The van der Waals surface area contributed by atoms with Crippen molar-refractivity contribution in [1.29, 1.82) is 0 Å². The molecule has 0 aliphatic heterocycles. The normalized spacial score (nSPS) is 10.9. The molecule has 2 N–H and O–H groups in total. The van der Waals surface area contributed by atoms with Crippen LogP contribution in [0.3, 0.4) is 0 Å². The molecule has 1 amide bonds. The number of rotatable bonds is 3. The lowest BCUT2D eigenvalue weighted by Gasteiger charge is -2.13. The predicted molar refractivity (Wildman–Crippen MR) is 108 cm³/mol. The Morgan fingerprint density at radius 3 is 2.63 bits per heavy atom. The molecule has 0 fully saturated rings. The summed E-state index contributed by atoms with van der Waals surface area (Å²) in [5, 5.41) is 6.27. The number of aromatic nitrogens is 3. The zero-order chi connectivity index (χ0) is 19.0. The third-order valence-corrected chi connectivity index (χ3v) is 4.70. The predicted octanol–water partition coefficient (Wildman–Crippen LogP) is 3.11. The fraction of sp³-hybridized carbons (Fsp3) is 0.0526. The summed E-state index contributed by atoms with van der Waals surface area (Å²) in [6.45, 7) is 0. The lowest BCUT2D eigenvalue weighted by atomic mass is 10.1. The number of carbonyl (C=O) groups excluding carboxylic acids is 1. The minimum Gasteiger partial charge on any atom is -0.355 e. The fourth-order valence-corrected chi connectivity index (χ4v) is 3.19. The maximum absolute atomic E-state index is 12.7. The zero-order valence-corrected chi connectivity index (χ0v) is 15.8. The fourth-order valence-electron chi connectivity index (χ4n) is 2.80. The third kappa shape index (κ3) is 3.04. The van der Waals surface area contributed by atoms with Crippen molar-refractivity contribution in [2.24, 2.45) is 0 Å². The Kier molecular flexibility index (Phi) is 4.33. The van der Waals surface area contributed by atoms with Gasteiger partial charge in [0.2, 0.25) is 5.78 Å². The van der Waals surface area contributed by atoms with Gasteiger partial charge in [-0.3, -0.25) is 14.0 Å². The summed E-state index contributed by atoms with van der Waals surface area (Å²) in [5.41, 5.74) is 1.46. The lowest BCUT2D eigenvalue weighted by molar-refractivity contribution is 0.0964. The summed E-state index contributed by atoms with van der Waals surface area (Å²) in [5.74, 6) is 0.505. The van der Waals surface area contributed by atoms with Crippen LogP contribution in [-0.4, -0.2) is 27.3 Å². The number of amides is 1. The summed E-state index contributed by atoms with van der Waals surface area (Å²) in [7, 11) is 1.57. The molecule has 2 heterocycles. The second kappa shape index (κ2) is 6.81. The zero-order valence-electron chi connectivity index (χ0n) is 14.2. The van der Waals surface area contributed by atoms with Gasteiger partial charge in [-0.25, -0.2) is 4.98 Å². The molecule has 8 heteroatoms. The van der Waals surface area contributed by atoms with Crippen molar-refractivity contribution in [3.05, 3.63) is 75.1 Å². The van der Waals surface area contributed by atoms with Gasteiger partial charge in [-0.2, -0.15) is 4.98 Å². The molecule has 4 aromatic rings. The van der Waals surface area contributed by atoms with Crippen molar-refractivity contribution in [2.45, 2.75) is 0 Å². The molecular formula is C19H14BrN5O2. The van der Waals surface area contributed by atoms with Crippen LogP contribution in [0.5, 0.6) is 0 Å². The van der Waals surface area contributed by atoms with Gasteiger partial charge in [0.25, 0.3) is 11.5 Å². The van der Waals surface area contributed by atoms with Crippen molar-refractivity contribution >= 4 is 50.0 Å². The molecule has 0 radical (unpaired) electrons. The summed E-state index contributed by atoms with van der Waals surface area (Å²) >= 11 is 3.44. The Morgan fingerprint density at radius 2 is 1.81 bits per heavy atom. The van der Waals surface area contributed by atoms with E-state index in [1.54, 1.807) is 49.6 Å². The van der Waals surface area contributed by atoms with Gasteiger partial charge >= 0.3 is 0 Å². The minimum absolute atomic E-state index is 0.193. The number of benzene rings is 2. The number of carbonyl (C=O) groups is 1. The maximum Gasteiger partial charge on any atom is 0.266 e. The number of hydrogen-bond donors (Lipinski definition) is 2. The van der Waals surface area contributed by atoms with E-state index < -0.39 is 0 Å². The van der Waals surface area contributed by atoms with E-state index in [0.29, 0.717) is 32.4 Å².